The molecule has 0 radical (unpaired) electrons. The summed E-state index contributed by atoms with van der Waals surface area (Å²) in [7, 11) is 2.91. The second kappa shape index (κ2) is 7.36. The number of unbranched alkanes of at least 4 members (excludes halogenated alkanes) is 3. The number of esters is 1. The Labute approximate surface area is 144 Å². The van der Waals surface area contributed by atoms with Crippen LogP contribution in [0.15, 0.2) is 12.2 Å². The molecule has 136 valence electrons. The van der Waals surface area contributed by atoms with Gasteiger partial charge in [-0.3, -0.25) is 9.59 Å². The summed E-state index contributed by atoms with van der Waals surface area (Å²) in [5.74, 6) is -1.55. The summed E-state index contributed by atoms with van der Waals surface area (Å²) in [5.41, 5.74) is -1.04. The van der Waals surface area contributed by atoms with Crippen LogP contribution < -0.4 is 0 Å². The summed E-state index contributed by atoms with van der Waals surface area (Å²) in [6.45, 7) is 5.79. The predicted octanol–water partition coefficient (Wildman–Crippen LogP) is 3.27. The molecule has 5 heteroatoms. The van der Waals surface area contributed by atoms with Gasteiger partial charge in [0.1, 0.15) is 5.41 Å². The molecule has 2 rings (SSSR count). The minimum absolute atomic E-state index is 0.0699. The third kappa shape index (κ3) is 3.29. The zero-order chi connectivity index (χ0) is 18.0. The van der Waals surface area contributed by atoms with E-state index in [1.165, 1.54) is 20.0 Å². The quantitative estimate of drug-likeness (QED) is 0.212. The van der Waals surface area contributed by atoms with Crippen molar-refractivity contribution in [1.29, 1.82) is 0 Å². The van der Waals surface area contributed by atoms with Crippen molar-refractivity contribution >= 4 is 11.8 Å². The number of allylic oxidation sites excluding steroid dienone is 2. The number of carbonyl (C=O) groups excluding carboxylic acids is 2. The second-order valence-corrected chi connectivity index (χ2v) is 7.22. The van der Waals surface area contributed by atoms with E-state index in [0.717, 1.165) is 12.8 Å². The van der Waals surface area contributed by atoms with Crippen LogP contribution in [0.1, 0.15) is 52.9 Å². The number of rotatable bonds is 9. The van der Waals surface area contributed by atoms with Crippen LogP contribution in [0.4, 0.5) is 0 Å². The van der Waals surface area contributed by atoms with Crippen LogP contribution in [-0.2, 0) is 23.8 Å². The van der Waals surface area contributed by atoms with E-state index in [1.54, 1.807) is 7.11 Å². The molecule has 2 fully saturated rings. The van der Waals surface area contributed by atoms with Crippen molar-refractivity contribution < 1.29 is 23.8 Å². The van der Waals surface area contributed by atoms with Crippen molar-refractivity contribution in [3.63, 3.8) is 0 Å². The number of Topliss-reactive ketones (excluding diaryl/α,β-unsaturated/α-hetero) is 1. The molecule has 2 saturated carbocycles. The summed E-state index contributed by atoms with van der Waals surface area (Å²) in [6, 6.07) is 0. The molecule has 0 aromatic carbocycles. The van der Waals surface area contributed by atoms with E-state index in [9.17, 15) is 9.59 Å². The van der Waals surface area contributed by atoms with Crippen LogP contribution in [0.3, 0.4) is 0 Å². The molecule has 0 saturated heterocycles. The van der Waals surface area contributed by atoms with Crippen molar-refractivity contribution in [1.82, 2.24) is 0 Å². The highest BCUT2D eigenvalue weighted by Crippen LogP contribution is 2.68. The summed E-state index contributed by atoms with van der Waals surface area (Å²) in [5, 5.41) is 0. The molecule has 0 N–H and O–H groups in total. The van der Waals surface area contributed by atoms with E-state index in [0.29, 0.717) is 0 Å². The zero-order valence-corrected chi connectivity index (χ0v) is 15.5. The number of hydrogen-bond acceptors (Lipinski definition) is 5. The maximum absolute atomic E-state index is 12.6. The monoisotopic (exact) mass is 338 g/mol. The van der Waals surface area contributed by atoms with Crippen molar-refractivity contribution in [2.24, 2.45) is 17.3 Å². The van der Waals surface area contributed by atoms with Gasteiger partial charge in [0.05, 0.1) is 13.2 Å². The fraction of sp³-hybridized carbons (Fsp3) is 0.789. The molecule has 24 heavy (non-hydrogen) atoms. The maximum Gasteiger partial charge on any atom is 0.320 e. The molecule has 2 aliphatic rings. The van der Waals surface area contributed by atoms with Gasteiger partial charge in [0.15, 0.2) is 11.6 Å². The molecule has 0 aromatic rings. The highest BCUT2D eigenvalue weighted by molar-refractivity contribution is 6.11. The normalized spacial score (nSPS) is 32.2. The van der Waals surface area contributed by atoms with Crippen LogP contribution in [-0.4, -0.2) is 37.9 Å². The van der Waals surface area contributed by atoms with E-state index < -0.39 is 17.2 Å². The van der Waals surface area contributed by atoms with Gasteiger partial charge in [-0.1, -0.05) is 31.9 Å². The molecule has 0 aliphatic heterocycles. The van der Waals surface area contributed by atoms with E-state index in [4.69, 9.17) is 14.2 Å². The highest BCUT2D eigenvalue weighted by Gasteiger charge is 2.80. The standard InChI is InChI=1S/C19H30O5/c1-6-7-8-9-10-11-13-16-14(24-18(2,3)23-5)12-15(20)19(13,16)17(21)22-4/h10-11,13-14,16H,6-9,12H2,1-5H3/b11-10+. The molecule has 0 spiro atoms. The molecule has 0 aromatic heterocycles. The average Bonchev–Trinajstić information content (AvgIpc) is 3.14. The molecule has 0 amide bonds. The van der Waals surface area contributed by atoms with Gasteiger partial charge in [-0.25, -0.2) is 0 Å². The van der Waals surface area contributed by atoms with Crippen LogP contribution in [0.2, 0.25) is 0 Å². The average molecular weight is 338 g/mol. The third-order valence-electron chi connectivity index (χ3n) is 5.35. The first-order valence-electron chi connectivity index (χ1n) is 8.86. The number of hydrogen-bond donors (Lipinski definition) is 0. The molecule has 0 bridgehead atoms. The summed E-state index contributed by atoms with van der Waals surface area (Å²) >= 11 is 0. The minimum atomic E-state index is -1.04. The fourth-order valence-electron chi connectivity index (χ4n) is 3.93. The van der Waals surface area contributed by atoms with Gasteiger partial charge in [0, 0.05) is 25.4 Å². The summed E-state index contributed by atoms with van der Waals surface area (Å²) in [4.78, 5) is 25.0. The molecule has 0 heterocycles. The summed E-state index contributed by atoms with van der Waals surface area (Å²) in [6.07, 6.45) is 8.50. The van der Waals surface area contributed by atoms with Gasteiger partial charge >= 0.3 is 5.97 Å². The first-order valence-corrected chi connectivity index (χ1v) is 8.86. The Morgan fingerprint density at radius 3 is 2.62 bits per heavy atom. The lowest BCUT2D eigenvalue weighted by Gasteiger charge is -2.28. The number of ether oxygens (including phenoxy) is 3. The Morgan fingerprint density at radius 1 is 1.33 bits per heavy atom. The Hall–Kier alpha value is -1.20. The zero-order valence-electron chi connectivity index (χ0n) is 15.5. The SMILES string of the molecule is CCCCC/C=C/C1C2C(OC(C)(C)OC)CC(=O)C12C(=O)OC. The van der Waals surface area contributed by atoms with Gasteiger partial charge < -0.3 is 14.2 Å². The van der Waals surface area contributed by atoms with Crippen molar-refractivity contribution in [3.05, 3.63) is 12.2 Å². The van der Waals surface area contributed by atoms with Gasteiger partial charge in [0.25, 0.3) is 0 Å². The lowest BCUT2D eigenvalue weighted by atomic mass is 9.97. The number of carbonyl (C=O) groups is 2. The number of ketones is 1. The van der Waals surface area contributed by atoms with E-state index >= 15 is 0 Å². The van der Waals surface area contributed by atoms with Crippen LogP contribution in [0.25, 0.3) is 0 Å². The fourth-order valence-corrected chi connectivity index (χ4v) is 3.93. The maximum atomic E-state index is 12.6. The Bertz CT molecular complexity index is 510. The predicted molar refractivity (Wildman–Crippen MR) is 90.3 cm³/mol. The van der Waals surface area contributed by atoms with Crippen molar-refractivity contribution in [3.8, 4) is 0 Å². The first-order chi connectivity index (χ1) is 11.3. The van der Waals surface area contributed by atoms with Crippen LogP contribution in [0.5, 0.6) is 0 Å². The topological polar surface area (TPSA) is 61.8 Å². The first kappa shape index (κ1) is 19.1. The van der Waals surface area contributed by atoms with E-state index in [-0.39, 0.29) is 30.1 Å². The van der Waals surface area contributed by atoms with Crippen LogP contribution in [0, 0.1) is 17.3 Å². The lowest BCUT2D eigenvalue weighted by Crippen LogP contribution is -2.33. The number of fused-ring (bicyclic) bond motifs is 1. The van der Waals surface area contributed by atoms with E-state index in [2.05, 4.69) is 13.0 Å². The summed E-state index contributed by atoms with van der Waals surface area (Å²) < 4.78 is 16.2. The molecular weight excluding hydrogens is 308 g/mol. The lowest BCUT2D eigenvalue weighted by molar-refractivity contribution is -0.226. The molecule has 5 nitrogen and oxygen atoms in total. The van der Waals surface area contributed by atoms with Crippen molar-refractivity contribution in [2.75, 3.05) is 14.2 Å². The van der Waals surface area contributed by atoms with Gasteiger partial charge in [-0.2, -0.15) is 0 Å². The van der Waals surface area contributed by atoms with Gasteiger partial charge in [0.2, 0.25) is 0 Å². The smallest absolute Gasteiger partial charge is 0.320 e. The Balaban J connectivity index is 2.13. The highest BCUT2D eigenvalue weighted by atomic mass is 16.7. The largest absolute Gasteiger partial charge is 0.468 e. The van der Waals surface area contributed by atoms with E-state index in [1.807, 2.05) is 19.9 Å². The number of methoxy groups -OCH3 is 2. The van der Waals surface area contributed by atoms with Crippen molar-refractivity contribution in [2.45, 2.75) is 64.8 Å². The molecular formula is C19H30O5. The minimum Gasteiger partial charge on any atom is -0.468 e. The molecule has 4 atom stereocenters. The third-order valence-corrected chi connectivity index (χ3v) is 5.35. The second-order valence-electron chi connectivity index (χ2n) is 7.22. The molecule has 4 unspecified atom stereocenters. The Kier molecular flexibility index (Phi) is 5.87. The molecule has 2 aliphatic carbocycles. The van der Waals surface area contributed by atoms with Gasteiger partial charge in [-0.15, -0.1) is 0 Å². The van der Waals surface area contributed by atoms with Crippen LogP contribution >= 0.6 is 0 Å². The van der Waals surface area contributed by atoms with Gasteiger partial charge in [-0.05, 0) is 26.7 Å². The Morgan fingerprint density at radius 2 is 2.04 bits per heavy atom.